The predicted molar refractivity (Wildman–Crippen MR) is 136 cm³/mol. The fourth-order valence-electron chi connectivity index (χ4n) is 3.57. The van der Waals surface area contributed by atoms with Crippen LogP contribution in [-0.4, -0.2) is 48.1 Å². The third-order valence-corrected chi connectivity index (χ3v) is 6.45. The molecule has 0 spiro atoms. The van der Waals surface area contributed by atoms with Gasteiger partial charge in [0.1, 0.15) is 12.4 Å². The molecule has 2 aromatic carbocycles. The number of halogens is 2. The molecule has 0 fully saturated rings. The summed E-state index contributed by atoms with van der Waals surface area (Å²) in [6.07, 6.45) is 3.07. The number of anilines is 1. The van der Waals surface area contributed by atoms with E-state index in [0.717, 1.165) is 16.3 Å². The van der Waals surface area contributed by atoms with Gasteiger partial charge in [0.05, 0.1) is 16.1 Å². The first-order chi connectivity index (χ1) is 16.4. The summed E-state index contributed by atoms with van der Waals surface area (Å²) in [5.41, 5.74) is 6.48. The van der Waals surface area contributed by atoms with E-state index < -0.39 is 6.09 Å². The van der Waals surface area contributed by atoms with Crippen molar-refractivity contribution in [3.05, 3.63) is 70.3 Å². The largest absolute Gasteiger partial charge is 0.447 e. The van der Waals surface area contributed by atoms with Gasteiger partial charge in [-0.3, -0.25) is 10.1 Å². The fourth-order valence-corrected chi connectivity index (χ4v) is 3.98. The van der Waals surface area contributed by atoms with Crippen LogP contribution in [0.4, 0.5) is 10.6 Å². The molecule has 180 valence electrons. The minimum Gasteiger partial charge on any atom is -0.447 e. The van der Waals surface area contributed by atoms with Gasteiger partial charge in [-0.2, -0.15) is 0 Å². The number of carbonyl (C=O) groups is 2. The van der Waals surface area contributed by atoms with Crippen LogP contribution in [-0.2, 0) is 16.0 Å². The van der Waals surface area contributed by atoms with E-state index in [1.165, 1.54) is 0 Å². The second-order valence-electron chi connectivity index (χ2n) is 7.94. The molecule has 0 aliphatic carbocycles. The van der Waals surface area contributed by atoms with E-state index >= 15 is 0 Å². The average Bonchev–Trinajstić information content (AvgIpc) is 2.84. The zero-order chi connectivity index (χ0) is 24.5. The predicted octanol–water partition coefficient (Wildman–Crippen LogP) is 5.29. The zero-order valence-electron chi connectivity index (χ0n) is 19.0. The smallest absolute Gasteiger partial charge is 0.412 e. The lowest BCUT2D eigenvalue weighted by Gasteiger charge is -2.28. The van der Waals surface area contributed by atoms with Crippen molar-refractivity contribution in [2.24, 2.45) is 5.73 Å². The molecular weight excluding hydrogens is 475 g/mol. The van der Waals surface area contributed by atoms with E-state index in [-0.39, 0.29) is 25.0 Å². The average molecular weight is 503 g/mol. The van der Waals surface area contributed by atoms with E-state index in [1.54, 1.807) is 36.3 Å². The summed E-state index contributed by atoms with van der Waals surface area (Å²) >= 11 is 12.3. The van der Waals surface area contributed by atoms with Crippen LogP contribution >= 0.6 is 23.2 Å². The normalized spacial score (nSPS) is 11.8. The number of fused-ring (bicyclic) bond motifs is 1. The maximum atomic E-state index is 12.8. The van der Waals surface area contributed by atoms with Crippen molar-refractivity contribution in [2.45, 2.75) is 31.7 Å². The number of nitrogens with one attached hydrogen (secondary N) is 1. The lowest BCUT2D eigenvalue weighted by molar-refractivity contribution is -0.132. The van der Waals surface area contributed by atoms with E-state index in [1.807, 2.05) is 30.3 Å². The Bertz CT molecular complexity index is 1140. The number of aryl methyl sites for hydroxylation is 1. The number of benzene rings is 2. The Morgan fingerprint density at radius 3 is 2.68 bits per heavy atom. The molecule has 1 atom stereocenters. The summed E-state index contributed by atoms with van der Waals surface area (Å²) < 4.78 is 5.42. The number of rotatable bonds is 10. The highest BCUT2D eigenvalue weighted by Gasteiger charge is 2.22. The first-order valence-corrected chi connectivity index (χ1v) is 11.8. The third-order valence-electron chi connectivity index (χ3n) is 5.59. The SMILES string of the molecule is CN(C(=O)CCc1cccc(Cl)c1Cl)[C@@H](CCCN)COC(=O)Nc1cc2ccccc2cn1. The van der Waals surface area contributed by atoms with Gasteiger partial charge >= 0.3 is 6.09 Å². The van der Waals surface area contributed by atoms with Crippen LogP contribution < -0.4 is 11.1 Å². The Kier molecular flexibility index (Phi) is 9.51. The molecule has 0 radical (unpaired) electrons. The number of aromatic nitrogens is 1. The highest BCUT2D eigenvalue weighted by molar-refractivity contribution is 6.42. The molecule has 2 amide bonds. The van der Waals surface area contributed by atoms with Gasteiger partial charge in [-0.1, -0.05) is 59.6 Å². The molecule has 0 saturated heterocycles. The molecule has 7 nitrogen and oxygen atoms in total. The van der Waals surface area contributed by atoms with Crippen molar-refractivity contribution < 1.29 is 14.3 Å². The summed E-state index contributed by atoms with van der Waals surface area (Å²) in [5, 5.41) is 5.50. The summed E-state index contributed by atoms with van der Waals surface area (Å²) in [4.78, 5) is 31.0. The molecule has 0 unspecified atom stereocenters. The monoisotopic (exact) mass is 502 g/mol. The standard InChI is InChI=1S/C25H28Cl2N4O3/c1-31(23(32)12-11-17-8-4-10-21(26)24(17)27)20(9-5-13-28)16-34-25(33)30-22-14-18-6-2-3-7-19(18)15-29-22/h2-4,6-8,10,14-15,20H,5,9,11-13,16,28H2,1H3,(H,29,30,33)/t20-/m0/s1. The molecule has 1 heterocycles. The van der Waals surface area contributed by atoms with E-state index in [9.17, 15) is 9.59 Å². The molecule has 9 heteroatoms. The zero-order valence-corrected chi connectivity index (χ0v) is 20.5. The van der Waals surface area contributed by atoms with Crippen molar-refractivity contribution in [3.8, 4) is 0 Å². The van der Waals surface area contributed by atoms with Crippen molar-refractivity contribution in [3.63, 3.8) is 0 Å². The number of likely N-dealkylation sites (N-methyl/N-ethyl adjacent to an activating group) is 1. The molecule has 0 saturated carbocycles. The van der Waals surface area contributed by atoms with Gasteiger partial charge in [0.2, 0.25) is 5.91 Å². The van der Waals surface area contributed by atoms with Gasteiger partial charge in [0.25, 0.3) is 0 Å². The van der Waals surface area contributed by atoms with Crippen LogP contribution in [0.3, 0.4) is 0 Å². The number of pyridine rings is 1. The third kappa shape index (κ3) is 7.06. The summed E-state index contributed by atoms with van der Waals surface area (Å²) in [6.45, 7) is 0.517. The van der Waals surface area contributed by atoms with Crippen molar-refractivity contribution in [1.82, 2.24) is 9.88 Å². The Balaban J connectivity index is 1.56. The van der Waals surface area contributed by atoms with Gasteiger partial charge in [-0.05, 0) is 48.9 Å². The van der Waals surface area contributed by atoms with Crippen LogP contribution in [0.2, 0.25) is 10.0 Å². The highest BCUT2D eigenvalue weighted by atomic mass is 35.5. The Morgan fingerprint density at radius 1 is 1.15 bits per heavy atom. The maximum Gasteiger partial charge on any atom is 0.412 e. The topological polar surface area (TPSA) is 97.5 Å². The quantitative estimate of drug-likeness (QED) is 0.392. The van der Waals surface area contributed by atoms with Crippen LogP contribution in [0.25, 0.3) is 10.8 Å². The second kappa shape index (κ2) is 12.6. The van der Waals surface area contributed by atoms with Crippen molar-refractivity contribution in [1.29, 1.82) is 0 Å². The first-order valence-electron chi connectivity index (χ1n) is 11.1. The lowest BCUT2D eigenvalue weighted by Crippen LogP contribution is -2.41. The van der Waals surface area contributed by atoms with Gasteiger partial charge < -0.3 is 15.4 Å². The van der Waals surface area contributed by atoms with E-state index in [0.29, 0.717) is 41.7 Å². The Labute approximate surface area is 209 Å². The Morgan fingerprint density at radius 2 is 1.91 bits per heavy atom. The molecule has 1 aromatic heterocycles. The number of ether oxygens (including phenoxy) is 1. The van der Waals surface area contributed by atoms with Crippen LogP contribution in [0.15, 0.2) is 54.7 Å². The molecule has 0 bridgehead atoms. The van der Waals surface area contributed by atoms with Crippen LogP contribution in [0, 0.1) is 0 Å². The summed E-state index contributed by atoms with van der Waals surface area (Å²) in [7, 11) is 1.70. The minimum atomic E-state index is -0.632. The van der Waals surface area contributed by atoms with E-state index in [4.69, 9.17) is 33.7 Å². The van der Waals surface area contributed by atoms with Crippen molar-refractivity contribution in [2.75, 3.05) is 25.5 Å². The van der Waals surface area contributed by atoms with Crippen LogP contribution in [0.1, 0.15) is 24.8 Å². The maximum absolute atomic E-state index is 12.8. The van der Waals surface area contributed by atoms with Gasteiger partial charge in [-0.25, -0.2) is 9.78 Å². The molecule has 3 N–H and O–H groups in total. The fraction of sp³-hybridized carbons (Fsp3) is 0.320. The molecule has 34 heavy (non-hydrogen) atoms. The minimum absolute atomic E-state index is 0.0412. The number of nitrogens with two attached hydrogens (primary N) is 1. The molecule has 0 aliphatic rings. The number of hydrogen-bond acceptors (Lipinski definition) is 5. The Hall–Kier alpha value is -2.87. The highest BCUT2D eigenvalue weighted by Crippen LogP contribution is 2.26. The molecule has 3 rings (SSSR count). The molecule has 3 aromatic rings. The van der Waals surface area contributed by atoms with Gasteiger partial charge in [-0.15, -0.1) is 0 Å². The number of nitrogens with zero attached hydrogens (tertiary/aromatic N) is 2. The van der Waals surface area contributed by atoms with Crippen molar-refractivity contribution >= 4 is 51.8 Å². The first kappa shape index (κ1) is 25.7. The lowest BCUT2D eigenvalue weighted by atomic mass is 10.1. The molecule has 0 aliphatic heterocycles. The number of amides is 2. The summed E-state index contributed by atoms with van der Waals surface area (Å²) in [6, 6.07) is 14.6. The number of carbonyl (C=O) groups excluding carboxylic acids is 2. The second-order valence-corrected chi connectivity index (χ2v) is 8.73. The number of hydrogen-bond donors (Lipinski definition) is 2. The summed E-state index contributed by atoms with van der Waals surface area (Å²) in [5.74, 6) is 0.309. The van der Waals surface area contributed by atoms with E-state index in [2.05, 4.69) is 10.3 Å². The molecular formula is C25H28Cl2N4O3. The van der Waals surface area contributed by atoms with Gasteiger partial charge in [0.15, 0.2) is 0 Å². The van der Waals surface area contributed by atoms with Crippen LogP contribution in [0.5, 0.6) is 0 Å². The van der Waals surface area contributed by atoms with Gasteiger partial charge in [0, 0.05) is 25.1 Å².